The summed E-state index contributed by atoms with van der Waals surface area (Å²) < 4.78 is 13.7. The Morgan fingerprint density at radius 2 is 2.19 bits per heavy atom. The van der Waals surface area contributed by atoms with Gasteiger partial charge in [0, 0.05) is 5.38 Å². The Morgan fingerprint density at radius 1 is 1.48 bits per heavy atom. The number of nitrogens with zero attached hydrogens (tertiary/aromatic N) is 1. The third kappa shape index (κ3) is 3.41. The number of carbonyl (C=O) groups is 2. The van der Waals surface area contributed by atoms with Crippen LogP contribution in [0.4, 0.5) is 10.1 Å². The van der Waals surface area contributed by atoms with Crippen LogP contribution in [0.2, 0.25) is 0 Å². The Hall–Kier alpha value is -2.32. The molecule has 1 amide bonds. The van der Waals surface area contributed by atoms with Crippen LogP contribution < -0.4 is 11.1 Å². The third-order valence-electron chi connectivity index (χ3n) is 2.61. The molecule has 2 rings (SSSR count). The molecule has 1 aromatic heterocycles. The van der Waals surface area contributed by atoms with Crippen LogP contribution in [0.3, 0.4) is 0 Å². The van der Waals surface area contributed by atoms with Gasteiger partial charge in [0.15, 0.2) is 0 Å². The lowest BCUT2D eigenvalue weighted by molar-refractivity contribution is 0.0696. The number of nitrogens with one attached hydrogen (secondary N) is 1. The number of thiazole rings is 1. The predicted molar refractivity (Wildman–Crippen MR) is 76.0 cm³/mol. The molecule has 0 bridgehead atoms. The Kier molecular flexibility index (Phi) is 4.29. The van der Waals surface area contributed by atoms with Gasteiger partial charge >= 0.3 is 5.97 Å². The summed E-state index contributed by atoms with van der Waals surface area (Å²) in [6.45, 7) is 1.74. The van der Waals surface area contributed by atoms with Crippen molar-refractivity contribution in [1.82, 2.24) is 4.98 Å². The maximum absolute atomic E-state index is 13.7. The monoisotopic (exact) mass is 309 g/mol. The fraction of sp³-hybridized carbons (Fsp3) is 0.154. The van der Waals surface area contributed by atoms with Crippen molar-refractivity contribution in [3.8, 4) is 0 Å². The largest absolute Gasteiger partial charge is 0.478 e. The van der Waals surface area contributed by atoms with E-state index in [4.69, 9.17) is 10.8 Å². The highest BCUT2D eigenvalue weighted by Gasteiger charge is 2.15. The predicted octanol–water partition coefficient (Wildman–Crippen LogP) is 2.25. The van der Waals surface area contributed by atoms with Gasteiger partial charge in [-0.2, -0.15) is 0 Å². The van der Waals surface area contributed by atoms with Gasteiger partial charge in [-0.25, -0.2) is 14.2 Å². The number of rotatable bonds is 4. The first-order chi connectivity index (χ1) is 9.88. The second kappa shape index (κ2) is 5.98. The summed E-state index contributed by atoms with van der Waals surface area (Å²) in [5, 5.41) is 13.2. The van der Waals surface area contributed by atoms with Gasteiger partial charge in [-0.05, 0) is 25.1 Å². The van der Waals surface area contributed by atoms with Crippen molar-refractivity contribution < 1.29 is 19.1 Å². The maximum atomic E-state index is 13.7. The zero-order chi connectivity index (χ0) is 15.6. The lowest BCUT2D eigenvalue weighted by Crippen LogP contribution is -2.14. The van der Waals surface area contributed by atoms with Crippen LogP contribution >= 0.6 is 11.3 Å². The van der Waals surface area contributed by atoms with E-state index in [0.717, 1.165) is 6.07 Å². The van der Waals surface area contributed by atoms with Crippen molar-refractivity contribution in [1.29, 1.82) is 0 Å². The number of hydrogen-bond donors (Lipinski definition) is 3. The molecular formula is C13H12FN3O3S. The molecule has 4 N–H and O–H groups in total. The number of aromatic nitrogens is 1. The van der Waals surface area contributed by atoms with E-state index in [2.05, 4.69) is 10.3 Å². The molecule has 0 aliphatic rings. The van der Waals surface area contributed by atoms with Gasteiger partial charge < -0.3 is 16.2 Å². The molecule has 1 aromatic carbocycles. The summed E-state index contributed by atoms with van der Waals surface area (Å²) in [7, 11) is 0. The number of carboxylic acid groups (broad SMARTS) is 1. The highest BCUT2D eigenvalue weighted by Crippen LogP contribution is 2.19. The molecule has 0 saturated heterocycles. The Balaban J connectivity index is 2.17. The third-order valence-corrected chi connectivity index (χ3v) is 3.65. The summed E-state index contributed by atoms with van der Waals surface area (Å²) >= 11 is 1.24. The van der Waals surface area contributed by atoms with E-state index in [-0.39, 0.29) is 23.0 Å². The van der Waals surface area contributed by atoms with E-state index < -0.39 is 17.7 Å². The van der Waals surface area contributed by atoms with Crippen molar-refractivity contribution in [3.63, 3.8) is 0 Å². The molecular weight excluding hydrogens is 297 g/mol. The molecule has 1 heterocycles. The van der Waals surface area contributed by atoms with E-state index >= 15 is 0 Å². The fourth-order valence-electron chi connectivity index (χ4n) is 1.54. The first-order valence-electron chi connectivity index (χ1n) is 5.93. The average molecular weight is 309 g/mol. The Labute approximate surface area is 123 Å². The molecule has 0 saturated carbocycles. The first kappa shape index (κ1) is 15.1. The van der Waals surface area contributed by atoms with Gasteiger partial charge in [0.1, 0.15) is 16.5 Å². The van der Waals surface area contributed by atoms with Crippen molar-refractivity contribution in [3.05, 3.63) is 45.7 Å². The minimum atomic E-state index is -1.24. The topological polar surface area (TPSA) is 105 Å². The van der Waals surface area contributed by atoms with Gasteiger partial charge in [-0.3, -0.25) is 4.79 Å². The summed E-state index contributed by atoms with van der Waals surface area (Å²) in [4.78, 5) is 26.7. The molecule has 2 aromatic rings. The molecule has 110 valence electrons. The lowest BCUT2D eigenvalue weighted by Gasteiger charge is -2.05. The van der Waals surface area contributed by atoms with E-state index in [1.165, 1.54) is 28.8 Å². The number of amides is 1. The van der Waals surface area contributed by atoms with Crippen LogP contribution in [0.1, 0.15) is 38.8 Å². The summed E-state index contributed by atoms with van der Waals surface area (Å²) in [5.74, 6) is -2.65. The van der Waals surface area contributed by atoms with Crippen LogP contribution in [-0.2, 0) is 0 Å². The minimum Gasteiger partial charge on any atom is -0.478 e. The summed E-state index contributed by atoms with van der Waals surface area (Å²) in [6, 6.07) is 2.94. The molecule has 0 radical (unpaired) electrons. The first-order valence-corrected chi connectivity index (χ1v) is 6.81. The zero-order valence-corrected chi connectivity index (χ0v) is 11.8. The number of carbonyl (C=O) groups excluding carboxylic acids is 1. The highest BCUT2D eigenvalue weighted by atomic mass is 32.1. The van der Waals surface area contributed by atoms with Gasteiger partial charge in [0.25, 0.3) is 5.91 Å². The molecule has 8 heteroatoms. The number of hydrogen-bond acceptors (Lipinski definition) is 5. The molecule has 0 aliphatic heterocycles. The molecule has 0 aliphatic carbocycles. The van der Waals surface area contributed by atoms with E-state index in [9.17, 15) is 14.0 Å². The quantitative estimate of drug-likeness (QED) is 0.803. The van der Waals surface area contributed by atoms with Gasteiger partial charge in [0.05, 0.1) is 17.3 Å². The molecule has 1 unspecified atom stereocenters. The molecule has 6 nitrogen and oxygen atoms in total. The van der Waals surface area contributed by atoms with Crippen LogP contribution in [0.25, 0.3) is 0 Å². The van der Waals surface area contributed by atoms with Gasteiger partial charge in [-0.1, -0.05) is 0 Å². The van der Waals surface area contributed by atoms with Crippen molar-refractivity contribution in [2.45, 2.75) is 13.0 Å². The maximum Gasteiger partial charge on any atom is 0.335 e. The highest BCUT2D eigenvalue weighted by molar-refractivity contribution is 7.09. The van der Waals surface area contributed by atoms with Crippen LogP contribution in [0.15, 0.2) is 23.6 Å². The fourth-order valence-corrected chi connectivity index (χ4v) is 2.29. The number of halogens is 1. The van der Waals surface area contributed by atoms with Crippen molar-refractivity contribution >= 4 is 28.9 Å². The second-order valence-electron chi connectivity index (χ2n) is 4.31. The Bertz CT molecular complexity index is 700. The van der Waals surface area contributed by atoms with Crippen LogP contribution in [-0.4, -0.2) is 22.0 Å². The molecule has 1 atom stereocenters. The van der Waals surface area contributed by atoms with Crippen LogP contribution in [0, 0.1) is 5.82 Å². The Morgan fingerprint density at radius 3 is 2.71 bits per heavy atom. The molecule has 0 spiro atoms. The zero-order valence-electron chi connectivity index (χ0n) is 11.0. The summed E-state index contributed by atoms with van der Waals surface area (Å²) in [6.07, 6.45) is 0. The standard InChI is InChI=1S/C13H12FN3O3S/c1-6(15)12-17-10(5-21-12)11(18)16-9-3-2-7(13(19)20)4-8(9)14/h2-6H,15H2,1H3,(H,16,18)(H,19,20). The lowest BCUT2D eigenvalue weighted by atomic mass is 10.2. The molecule has 0 fully saturated rings. The summed E-state index contributed by atoms with van der Waals surface area (Å²) in [5.41, 5.74) is 5.48. The minimum absolute atomic E-state index is 0.111. The number of carboxylic acids is 1. The SMILES string of the molecule is CC(N)c1nc(C(=O)Nc2ccc(C(=O)O)cc2F)cs1. The van der Waals surface area contributed by atoms with Crippen molar-refractivity contribution in [2.75, 3.05) is 5.32 Å². The average Bonchev–Trinajstić information content (AvgIpc) is 2.90. The van der Waals surface area contributed by atoms with Crippen LogP contribution in [0.5, 0.6) is 0 Å². The number of benzene rings is 1. The van der Waals surface area contributed by atoms with E-state index in [0.29, 0.717) is 5.01 Å². The number of anilines is 1. The van der Waals surface area contributed by atoms with E-state index in [1.54, 1.807) is 6.92 Å². The van der Waals surface area contributed by atoms with Gasteiger partial charge in [-0.15, -0.1) is 11.3 Å². The number of nitrogens with two attached hydrogens (primary N) is 1. The normalized spacial score (nSPS) is 12.0. The van der Waals surface area contributed by atoms with Crippen molar-refractivity contribution in [2.24, 2.45) is 5.73 Å². The number of aromatic carboxylic acids is 1. The van der Waals surface area contributed by atoms with E-state index in [1.807, 2.05) is 0 Å². The second-order valence-corrected chi connectivity index (χ2v) is 5.20. The van der Waals surface area contributed by atoms with Gasteiger partial charge in [0.2, 0.25) is 0 Å². The molecule has 21 heavy (non-hydrogen) atoms. The smallest absolute Gasteiger partial charge is 0.335 e.